The summed E-state index contributed by atoms with van der Waals surface area (Å²) in [6.45, 7) is -0.371. The molecule has 8 heteroatoms. The number of ether oxygens (including phenoxy) is 1. The quantitative estimate of drug-likeness (QED) is 0.655. The normalized spacial score (nSPS) is 31.2. The third-order valence-corrected chi connectivity index (χ3v) is 3.55. The van der Waals surface area contributed by atoms with E-state index < -0.39 is 24.5 Å². The SMILES string of the molecule is OC[C@H]1O[C@@H](n2ccc3c(Cl)ncnc32)[C@H](O)[C@H]1O. The van der Waals surface area contributed by atoms with Crippen LogP contribution in [-0.2, 0) is 4.74 Å². The summed E-state index contributed by atoms with van der Waals surface area (Å²) >= 11 is 5.94. The van der Waals surface area contributed by atoms with Crippen LogP contribution in [0.5, 0.6) is 0 Å². The minimum atomic E-state index is -1.15. The van der Waals surface area contributed by atoms with Gasteiger partial charge in [-0.2, -0.15) is 0 Å². The maximum absolute atomic E-state index is 9.98. The lowest BCUT2D eigenvalue weighted by molar-refractivity contribution is -0.0508. The maximum Gasteiger partial charge on any atom is 0.164 e. The Balaban J connectivity index is 2.04. The molecule has 102 valence electrons. The van der Waals surface area contributed by atoms with Crippen molar-refractivity contribution in [2.75, 3.05) is 6.61 Å². The predicted molar refractivity (Wildman–Crippen MR) is 65.5 cm³/mol. The molecule has 0 spiro atoms. The Hall–Kier alpha value is -1.25. The standard InChI is InChI=1S/C11H12ClN3O4/c12-9-5-1-2-15(10(5)14-4-13-9)11-8(18)7(17)6(3-16)19-11/h1-2,4,6-8,11,16-18H,3H2/t6-,7+,8-,11-/m1/s1. The molecule has 0 bridgehead atoms. The van der Waals surface area contributed by atoms with Crippen LogP contribution >= 0.6 is 11.6 Å². The minimum Gasteiger partial charge on any atom is -0.394 e. The zero-order valence-corrected chi connectivity index (χ0v) is 10.5. The molecule has 19 heavy (non-hydrogen) atoms. The van der Waals surface area contributed by atoms with E-state index in [1.165, 1.54) is 6.33 Å². The first-order valence-corrected chi connectivity index (χ1v) is 6.10. The highest BCUT2D eigenvalue weighted by Crippen LogP contribution is 2.32. The van der Waals surface area contributed by atoms with Crippen molar-refractivity contribution in [3.63, 3.8) is 0 Å². The summed E-state index contributed by atoms with van der Waals surface area (Å²) in [4.78, 5) is 7.95. The van der Waals surface area contributed by atoms with E-state index in [2.05, 4.69) is 9.97 Å². The smallest absolute Gasteiger partial charge is 0.164 e. The number of aromatic nitrogens is 3. The molecule has 1 saturated heterocycles. The van der Waals surface area contributed by atoms with Crippen molar-refractivity contribution in [3.05, 3.63) is 23.7 Å². The van der Waals surface area contributed by atoms with Crippen LogP contribution in [0.2, 0.25) is 5.15 Å². The summed E-state index contributed by atoms with van der Waals surface area (Å²) in [6.07, 6.45) is -0.995. The van der Waals surface area contributed by atoms with Gasteiger partial charge in [0.05, 0.1) is 12.0 Å². The van der Waals surface area contributed by atoms with Crippen molar-refractivity contribution in [1.29, 1.82) is 0 Å². The number of nitrogens with zero attached hydrogens (tertiary/aromatic N) is 3. The molecule has 1 aliphatic heterocycles. The van der Waals surface area contributed by atoms with Crippen molar-refractivity contribution in [2.24, 2.45) is 0 Å². The molecular formula is C11H12ClN3O4. The van der Waals surface area contributed by atoms with Gasteiger partial charge in [-0.05, 0) is 6.07 Å². The van der Waals surface area contributed by atoms with E-state index >= 15 is 0 Å². The Morgan fingerprint density at radius 1 is 1.32 bits per heavy atom. The Bertz CT molecular complexity index is 605. The van der Waals surface area contributed by atoms with E-state index in [-0.39, 0.29) is 6.61 Å². The zero-order valence-electron chi connectivity index (χ0n) is 9.72. The average Bonchev–Trinajstić information content (AvgIpc) is 2.94. The highest BCUT2D eigenvalue weighted by Gasteiger charge is 2.43. The monoisotopic (exact) mass is 285 g/mol. The third kappa shape index (κ3) is 1.90. The number of fused-ring (bicyclic) bond motifs is 1. The molecule has 1 aliphatic rings. The Kier molecular flexibility index (Phi) is 3.15. The molecule has 0 radical (unpaired) electrons. The van der Waals surface area contributed by atoms with Crippen LogP contribution in [0.1, 0.15) is 6.23 Å². The van der Waals surface area contributed by atoms with Crippen LogP contribution in [0.4, 0.5) is 0 Å². The van der Waals surface area contributed by atoms with E-state index in [1.54, 1.807) is 16.8 Å². The highest BCUT2D eigenvalue weighted by atomic mass is 35.5. The largest absolute Gasteiger partial charge is 0.394 e. The van der Waals surface area contributed by atoms with Gasteiger partial charge in [-0.3, -0.25) is 0 Å². The van der Waals surface area contributed by atoms with E-state index in [9.17, 15) is 10.2 Å². The van der Waals surface area contributed by atoms with Gasteiger partial charge in [-0.15, -0.1) is 0 Å². The minimum absolute atomic E-state index is 0.301. The summed E-state index contributed by atoms with van der Waals surface area (Å²) in [5.41, 5.74) is 0.495. The number of halogens is 1. The van der Waals surface area contributed by atoms with Gasteiger partial charge in [0.2, 0.25) is 0 Å². The fraction of sp³-hybridized carbons (Fsp3) is 0.455. The van der Waals surface area contributed by atoms with Gasteiger partial charge in [0.25, 0.3) is 0 Å². The van der Waals surface area contributed by atoms with Gasteiger partial charge in [-0.1, -0.05) is 11.6 Å². The molecule has 2 aromatic rings. The zero-order chi connectivity index (χ0) is 13.6. The molecule has 0 amide bonds. The number of rotatable bonds is 2. The van der Waals surface area contributed by atoms with Gasteiger partial charge < -0.3 is 24.6 Å². The molecule has 7 nitrogen and oxygen atoms in total. The molecule has 3 N–H and O–H groups in total. The van der Waals surface area contributed by atoms with Crippen molar-refractivity contribution in [3.8, 4) is 0 Å². The summed E-state index contributed by atoms with van der Waals surface area (Å²) in [7, 11) is 0. The molecule has 1 fully saturated rings. The molecular weight excluding hydrogens is 274 g/mol. The lowest BCUT2D eigenvalue weighted by atomic mass is 10.1. The summed E-state index contributed by atoms with van der Waals surface area (Å²) in [5, 5.41) is 29.7. The molecule has 0 unspecified atom stereocenters. The topological polar surface area (TPSA) is 101 Å². The first-order chi connectivity index (χ1) is 9.13. The van der Waals surface area contributed by atoms with Crippen LogP contribution in [0.15, 0.2) is 18.6 Å². The van der Waals surface area contributed by atoms with Crippen LogP contribution in [-0.4, -0.2) is 54.8 Å². The Morgan fingerprint density at radius 3 is 2.79 bits per heavy atom. The summed E-state index contributed by atoms with van der Waals surface area (Å²) in [5.74, 6) is 0. The number of hydrogen-bond donors (Lipinski definition) is 3. The van der Waals surface area contributed by atoms with Gasteiger partial charge in [-0.25, -0.2) is 9.97 Å². The maximum atomic E-state index is 9.98. The molecule has 2 aromatic heterocycles. The molecule has 3 heterocycles. The Labute approximate surface area is 113 Å². The first-order valence-electron chi connectivity index (χ1n) is 5.73. The van der Waals surface area contributed by atoms with Gasteiger partial charge in [0.1, 0.15) is 35.4 Å². The second-order valence-electron chi connectivity index (χ2n) is 4.35. The molecule has 3 rings (SSSR count). The second-order valence-corrected chi connectivity index (χ2v) is 4.71. The average molecular weight is 286 g/mol. The second kappa shape index (κ2) is 4.69. The third-order valence-electron chi connectivity index (χ3n) is 3.25. The predicted octanol–water partition coefficient (Wildman–Crippen LogP) is -0.304. The van der Waals surface area contributed by atoms with Crippen LogP contribution in [0.3, 0.4) is 0 Å². The lowest BCUT2D eigenvalue weighted by Crippen LogP contribution is -2.33. The van der Waals surface area contributed by atoms with Crippen molar-refractivity contribution in [2.45, 2.75) is 24.5 Å². The van der Waals surface area contributed by atoms with Crippen molar-refractivity contribution >= 4 is 22.6 Å². The molecule has 0 aliphatic carbocycles. The number of aliphatic hydroxyl groups excluding tert-OH is 3. The first kappa shape index (κ1) is 12.8. The summed E-state index contributed by atoms with van der Waals surface area (Å²) in [6, 6.07) is 1.70. The number of hydrogen-bond acceptors (Lipinski definition) is 6. The van der Waals surface area contributed by atoms with Crippen molar-refractivity contribution in [1.82, 2.24) is 14.5 Å². The van der Waals surface area contributed by atoms with Crippen molar-refractivity contribution < 1.29 is 20.1 Å². The van der Waals surface area contributed by atoms with Gasteiger partial charge in [0.15, 0.2) is 6.23 Å². The van der Waals surface area contributed by atoms with Gasteiger partial charge in [0, 0.05) is 6.20 Å². The molecule has 0 saturated carbocycles. The Morgan fingerprint density at radius 2 is 2.11 bits per heavy atom. The van der Waals surface area contributed by atoms with E-state index in [4.69, 9.17) is 21.4 Å². The van der Waals surface area contributed by atoms with Gasteiger partial charge >= 0.3 is 0 Å². The van der Waals surface area contributed by atoms with Crippen LogP contribution in [0.25, 0.3) is 11.0 Å². The fourth-order valence-corrected chi connectivity index (χ4v) is 2.45. The van der Waals surface area contributed by atoms with Crippen LogP contribution < -0.4 is 0 Å². The van der Waals surface area contributed by atoms with E-state index in [0.717, 1.165) is 0 Å². The molecule has 0 aromatic carbocycles. The summed E-state index contributed by atoms with van der Waals surface area (Å²) < 4.78 is 7.00. The van der Waals surface area contributed by atoms with E-state index in [1.807, 2.05) is 0 Å². The lowest BCUT2D eigenvalue weighted by Gasteiger charge is -2.17. The van der Waals surface area contributed by atoms with Crippen LogP contribution in [0, 0.1) is 0 Å². The highest BCUT2D eigenvalue weighted by molar-refractivity contribution is 6.33. The van der Waals surface area contributed by atoms with E-state index in [0.29, 0.717) is 16.2 Å². The molecule has 4 atom stereocenters. The number of aliphatic hydroxyl groups is 3. The fourth-order valence-electron chi connectivity index (χ4n) is 2.26.